The molecule has 1 unspecified atom stereocenters. The summed E-state index contributed by atoms with van der Waals surface area (Å²) in [5.41, 5.74) is 4.65. The van der Waals surface area contributed by atoms with Crippen LogP contribution in [0.25, 0.3) is 0 Å². The Labute approximate surface area is 101 Å². The normalized spacial score (nSPS) is 21.8. The highest BCUT2D eigenvalue weighted by Gasteiger charge is 2.27. The minimum atomic E-state index is 0.678. The van der Waals surface area contributed by atoms with Gasteiger partial charge in [-0.2, -0.15) is 0 Å². The topological polar surface area (TPSA) is 12.0 Å². The van der Waals surface area contributed by atoms with Gasteiger partial charge in [-0.25, -0.2) is 0 Å². The molecular weight excluding hydrogens is 194 g/mol. The predicted octanol–water partition coefficient (Wildman–Crippen LogP) is 4.13. The average molecular weight is 221 g/mol. The van der Waals surface area contributed by atoms with Crippen LogP contribution in [0.3, 0.4) is 0 Å². The van der Waals surface area contributed by atoms with Crippen LogP contribution in [0, 0.1) is 17.8 Å². The van der Waals surface area contributed by atoms with Crippen molar-refractivity contribution in [2.75, 3.05) is 7.05 Å². The molecule has 1 rings (SSSR count). The molecule has 0 radical (unpaired) electrons. The maximum absolute atomic E-state index is 3.34. The Bertz CT molecular complexity index is 295. The molecule has 0 aromatic heterocycles. The molecule has 0 amide bonds. The Morgan fingerprint density at radius 1 is 1.31 bits per heavy atom. The van der Waals surface area contributed by atoms with Crippen molar-refractivity contribution >= 4 is 0 Å². The SMILES string of the molecule is CCC1=C(C(C)C)C(C(C)C)CC(NC)=C1. The molecule has 0 saturated heterocycles. The van der Waals surface area contributed by atoms with Gasteiger partial charge in [0.05, 0.1) is 0 Å². The second kappa shape index (κ2) is 5.56. The molecule has 16 heavy (non-hydrogen) atoms. The number of hydrogen-bond acceptors (Lipinski definition) is 1. The van der Waals surface area contributed by atoms with Crippen molar-refractivity contribution in [3.8, 4) is 0 Å². The highest BCUT2D eigenvalue weighted by atomic mass is 14.8. The van der Waals surface area contributed by atoms with E-state index in [1.807, 2.05) is 7.05 Å². The third-order valence-electron chi connectivity index (χ3n) is 3.69. The van der Waals surface area contributed by atoms with E-state index < -0.39 is 0 Å². The van der Waals surface area contributed by atoms with Gasteiger partial charge in [-0.1, -0.05) is 40.2 Å². The Hall–Kier alpha value is -0.720. The second-order valence-corrected chi connectivity index (χ2v) is 5.46. The standard InChI is InChI=1S/C15H27N/c1-7-12-8-13(16-6)9-14(10(2)3)15(12)11(4)5/h8,10-11,14,16H,7,9H2,1-6H3. The fraction of sp³-hybridized carbons (Fsp3) is 0.733. The Balaban J connectivity index is 3.14. The van der Waals surface area contributed by atoms with E-state index in [1.165, 1.54) is 12.1 Å². The number of hydrogen-bond donors (Lipinski definition) is 1. The molecule has 1 N–H and O–H groups in total. The smallest absolute Gasteiger partial charge is 0.0113 e. The maximum atomic E-state index is 3.34. The van der Waals surface area contributed by atoms with Crippen LogP contribution in [0.1, 0.15) is 47.5 Å². The van der Waals surface area contributed by atoms with E-state index in [0.29, 0.717) is 5.92 Å². The number of nitrogens with one attached hydrogen (secondary N) is 1. The van der Waals surface area contributed by atoms with Crippen LogP contribution in [-0.2, 0) is 0 Å². The fourth-order valence-corrected chi connectivity index (χ4v) is 2.81. The van der Waals surface area contributed by atoms with E-state index in [2.05, 4.69) is 46.0 Å². The third-order valence-corrected chi connectivity index (χ3v) is 3.69. The van der Waals surface area contributed by atoms with Gasteiger partial charge >= 0.3 is 0 Å². The molecular formula is C15H27N. The zero-order valence-electron chi connectivity index (χ0n) is 11.7. The highest BCUT2D eigenvalue weighted by molar-refractivity contribution is 5.36. The van der Waals surface area contributed by atoms with Crippen molar-refractivity contribution in [3.05, 3.63) is 22.9 Å². The minimum absolute atomic E-state index is 0.678. The van der Waals surface area contributed by atoms with Crippen LogP contribution in [0.4, 0.5) is 0 Å². The lowest BCUT2D eigenvalue weighted by Crippen LogP contribution is -2.24. The molecule has 0 saturated carbocycles. The van der Waals surface area contributed by atoms with Crippen LogP contribution < -0.4 is 5.32 Å². The molecule has 1 heteroatoms. The monoisotopic (exact) mass is 221 g/mol. The molecule has 0 aliphatic heterocycles. The van der Waals surface area contributed by atoms with Gasteiger partial charge < -0.3 is 5.32 Å². The first-order valence-electron chi connectivity index (χ1n) is 6.62. The summed E-state index contributed by atoms with van der Waals surface area (Å²) in [6.45, 7) is 11.6. The third kappa shape index (κ3) is 2.69. The molecule has 1 aliphatic rings. The summed E-state index contributed by atoms with van der Waals surface area (Å²) in [5, 5.41) is 3.34. The highest BCUT2D eigenvalue weighted by Crippen LogP contribution is 2.38. The van der Waals surface area contributed by atoms with Gasteiger partial charge in [-0.15, -0.1) is 0 Å². The minimum Gasteiger partial charge on any atom is -0.391 e. The number of allylic oxidation sites excluding steroid dienone is 4. The molecule has 0 heterocycles. The molecule has 1 atom stereocenters. The number of rotatable bonds is 4. The Morgan fingerprint density at radius 2 is 1.94 bits per heavy atom. The molecule has 0 bridgehead atoms. The molecule has 0 fully saturated rings. The van der Waals surface area contributed by atoms with Crippen LogP contribution in [-0.4, -0.2) is 7.05 Å². The van der Waals surface area contributed by atoms with Gasteiger partial charge in [0.1, 0.15) is 0 Å². The van der Waals surface area contributed by atoms with Gasteiger partial charge in [0.25, 0.3) is 0 Å². The molecule has 0 aromatic carbocycles. The first-order chi connectivity index (χ1) is 7.51. The summed E-state index contributed by atoms with van der Waals surface area (Å²) in [4.78, 5) is 0. The zero-order chi connectivity index (χ0) is 12.3. The van der Waals surface area contributed by atoms with E-state index in [9.17, 15) is 0 Å². The lowest BCUT2D eigenvalue weighted by atomic mass is 9.74. The van der Waals surface area contributed by atoms with Crippen LogP contribution >= 0.6 is 0 Å². The fourth-order valence-electron chi connectivity index (χ4n) is 2.81. The molecule has 1 aliphatic carbocycles. The lowest BCUT2D eigenvalue weighted by molar-refractivity contribution is 0.392. The predicted molar refractivity (Wildman–Crippen MR) is 72.2 cm³/mol. The molecule has 1 nitrogen and oxygen atoms in total. The molecule has 0 aromatic rings. The first-order valence-corrected chi connectivity index (χ1v) is 6.62. The van der Waals surface area contributed by atoms with E-state index in [1.54, 1.807) is 11.1 Å². The van der Waals surface area contributed by atoms with Gasteiger partial charge in [0.2, 0.25) is 0 Å². The van der Waals surface area contributed by atoms with E-state index in [0.717, 1.165) is 18.3 Å². The molecule has 0 spiro atoms. The van der Waals surface area contributed by atoms with Gasteiger partial charge in [-0.3, -0.25) is 0 Å². The summed E-state index contributed by atoms with van der Waals surface area (Å²) < 4.78 is 0. The quantitative estimate of drug-likeness (QED) is 0.752. The second-order valence-electron chi connectivity index (χ2n) is 5.46. The van der Waals surface area contributed by atoms with Crippen molar-refractivity contribution in [3.63, 3.8) is 0 Å². The Morgan fingerprint density at radius 3 is 2.31 bits per heavy atom. The van der Waals surface area contributed by atoms with E-state index in [4.69, 9.17) is 0 Å². The van der Waals surface area contributed by atoms with Crippen molar-refractivity contribution in [1.29, 1.82) is 0 Å². The van der Waals surface area contributed by atoms with Crippen molar-refractivity contribution in [1.82, 2.24) is 5.32 Å². The van der Waals surface area contributed by atoms with Crippen molar-refractivity contribution < 1.29 is 0 Å². The van der Waals surface area contributed by atoms with Gasteiger partial charge in [-0.05, 0) is 42.2 Å². The summed E-state index contributed by atoms with van der Waals surface area (Å²) in [7, 11) is 2.04. The largest absolute Gasteiger partial charge is 0.391 e. The molecule has 92 valence electrons. The lowest BCUT2D eigenvalue weighted by Gasteiger charge is -2.33. The van der Waals surface area contributed by atoms with Gasteiger partial charge in [0.15, 0.2) is 0 Å². The maximum Gasteiger partial charge on any atom is 0.0113 e. The summed E-state index contributed by atoms with van der Waals surface area (Å²) >= 11 is 0. The van der Waals surface area contributed by atoms with Crippen LogP contribution in [0.5, 0.6) is 0 Å². The van der Waals surface area contributed by atoms with Crippen LogP contribution in [0.2, 0.25) is 0 Å². The van der Waals surface area contributed by atoms with Gasteiger partial charge in [0, 0.05) is 12.7 Å². The summed E-state index contributed by atoms with van der Waals surface area (Å²) in [6.07, 6.45) is 4.71. The van der Waals surface area contributed by atoms with Crippen molar-refractivity contribution in [2.45, 2.75) is 47.5 Å². The summed E-state index contributed by atoms with van der Waals surface area (Å²) in [6, 6.07) is 0. The zero-order valence-corrected chi connectivity index (χ0v) is 11.7. The van der Waals surface area contributed by atoms with Crippen LogP contribution in [0.15, 0.2) is 22.9 Å². The average Bonchev–Trinajstić information content (AvgIpc) is 2.26. The van der Waals surface area contributed by atoms with E-state index in [-0.39, 0.29) is 0 Å². The first kappa shape index (κ1) is 13.3. The summed E-state index contributed by atoms with van der Waals surface area (Å²) in [5.74, 6) is 2.13. The van der Waals surface area contributed by atoms with Crippen molar-refractivity contribution in [2.24, 2.45) is 17.8 Å². The Kier molecular flexibility index (Phi) is 4.64. The van der Waals surface area contributed by atoms with E-state index >= 15 is 0 Å².